The van der Waals surface area contributed by atoms with Crippen molar-refractivity contribution in [2.24, 2.45) is 0 Å². The van der Waals surface area contributed by atoms with Crippen molar-refractivity contribution in [3.05, 3.63) is 68.7 Å². The molecule has 2 rings (SSSR count). The molecule has 0 bridgehead atoms. The predicted molar refractivity (Wildman–Crippen MR) is 107 cm³/mol. The Kier molecular flexibility index (Phi) is 7.95. The van der Waals surface area contributed by atoms with Gasteiger partial charge in [0.05, 0.1) is 27.7 Å². The summed E-state index contributed by atoms with van der Waals surface area (Å²) in [5.41, 5.74) is 0.766. The van der Waals surface area contributed by atoms with Crippen LogP contribution in [0.5, 0.6) is 0 Å². The van der Waals surface area contributed by atoms with Gasteiger partial charge in [-0.15, -0.1) is 0 Å². The quantitative estimate of drug-likeness (QED) is 0.267. The van der Waals surface area contributed by atoms with Gasteiger partial charge in [-0.25, -0.2) is 4.79 Å². The molecule has 0 aromatic heterocycles. The number of nitro benzene ring substituents is 1. The molecule has 0 radical (unpaired) electrons. The number of amides is 1. The SMILES string of the molecule is CCCCCCOC(=O)c1ccc(NC(=O)c2ccc([N+](=O)[O-])cc2Cl)cc1. The molecule has 0 spiro atoms. The minimum atomic E-state index is -0.588. The highest BCUT2D eigenvalue weighted by Crippen LogP contribution is 2.23. The molecule has 0 saturated heterocycles. The number of anilines is 1. The summed E-state index contributed by atoms with van der Waals surface area (Å²) in [6.45, 7) is 2.50. The molecule has 1 amide bonds. The van der Waals surface area contributed by atoms with Crippen molar-refractivity contribution in [2.75, 3.05) is 11.9 Å². The topological polar surface area (TPSA) is 98.5 Å². The molecule has 2 aromatic carbocycles. The maximum atomic E-state index is 12.3. The number of carbonyl (C=O) groups is 2. The number of nitro groups is 1. The Morgan fingerprint density at radius 3 is 2.43 bits per heavy atom. The Bertz CT molecular complexity index is 852. The van der Waals surface area contributed by atoms with Gasteiger partial charge in [0.1, 0.15) is 0 Å². The fourth-order valence-corrected chi connectivity index (χ4v) is 2.73. The van der Waals surface area contributed by atoms with Gasteiger partial charge in [0.25, 0.3) is 11.6 Å². The summed E-state index contributed by atoms with van der Waals surface area (Å²) in [6.07, 6.45) is 4.10. The summed E-state index contributed by atoms with van der Waals surface area (Å²) < 4.78 is 5.21. The highest BCUT2D eigenvalue weighted by Gasteiger charge is 2.15. The second-order valence-corrected chi connectivity index (χ2v) is 6.56. The van der Waals surface area contributed by atoms with Crippen molar-refractivity contribution < 1.29 is 19.2 Å². The Morgan fingerprint density at radius 2 is 1.82 bits per heavy atom. The van der Waals surface area contributed by atoms with Gasteiger partial charge in [-0.1, -0.05) is 37.8 Å². The molecule has 0 aliphatic rings. The zero-order valence-corrected chi connectivity index (χ0v) is 16.2. The van der Waals surface area contributed by atoms with Gasteiger partial charge in [-0.05, 0) is 36.8 Å². The van der Waals surface area contributed by atoms with Crippen LogP contribution in [0.4, 0.5) is 11.4 Å². The first kappa shape index (κ1) is 21.4. The number of hydrogen-bond acceptors (Lipinski definition) is 5. The first-order valence-corrected chi connectivity index (χ1v) is 9.32. The zero-order chi connectivity index (χ0) is 20.5. The number of rotatable bonds is 9. The van der Waals surface area contributed by atoms with E-state index in [2.05, 4.69) is 12.2 Å². The number of carbonyl (C=O) groups excluding carboxylic acids is 2. The molecule has 28 heavy (non-hydrogen) atoms. The first-order chi connectivity index (χ1) is 13.4. The monoisotopic (exact) mass is 404 g/mol. The van der Waals surface area contributed by atoms with Crippen molar-refractivity contribution in [3.8, 4) is 0 Å². The van der Waals surface area contributed by atoms with Gasteiger partial charge in [0, 0.05) is 17.8 Å². The number of unbranched alkanes of at least 4 members (excludes halogenated alkanes) is 3. The van der Waals surface area contributed by atoms with E-state index in [9.17, 15) is 19.7 Å². The van der Waals surface area contributed by atoms with Crippen molar-refractivity contribution in [1.29, 1.82) is 0 Å². The second kappa shape index (κ2) is 10.4. The number of benzene rings is 2. The number of non-ortho nitro benzene ring substituents is 1. The summed E-state index contributed by atoms with van der Waals surface area (Å²) in [5, 5.41) is 13.3. The van der Waals surface area contributed by atoms with Crippen molar-refractivity contribution in [1.82, 2.24) is 0 Å². The zero-order valence-electron chi connectivity index (χ0n) is 15.4. The summed E-state index contributed by atoms with van der Waals surface area (Å²) in [4.78, 5) is 34.4. The van der Waals surface area contributed by atoms with Crippen LogP contribution in [0, 0.1) is 10.1 Å². The highest BCUT2D eigenvalue weighted by molar-refractivity contribution is 6.34. The van der Waals surface area contributed by atoms with Crippen LogP contribution in [-0.4, -0.2) is 23.4 Å². The first-order valence-electron chi connectivity index (χ1n) is 8.95. The molecule has 7 nitrogen and oxygen atoms in total. The molecule has 0 heterocycles. The third-order valence-corrected chi connectivity index (χ3v) is 4.33. The molecular formula is C20H21ClN2O5. The maximum Gasteiger partial charge on any atom is 0.338 e. The maximum absolute atomic E-state index is 12.3. The van der Waals surface area contributed by atoms with E-state index in [1.807, 2.05) is 0 Å². The predicted octanol–water partition coefficient (Wildman–Crippen LogP) is 5.24. The molecule has 0 aliphatic carbocycles. The van der Waals surface area contributed by atoms with Gasteiger partial charge >= 0.3 is 5.97 Å². The van der Waals surface area contributed by atoms with E-state index >= 15 is 0 Å². The Hall–Kier alpha value is -2.93. The van der Waals surface area contributed by atoms with Crippen molar-refractivity contribution in [3.63, 3.8) is 0 Å². The normalized spacial score (nSPS) is 10.4. The molecule has 148 valence electrons. The molecule has 0 aliphatic heterocycles. The lowest BCUT2D eigenvalue weighted by atomic mass is 10.1. The third kappa shape index (κ3) is 6.06. The summed E-state index contributed by atoms with van der Waals surface area (Å²) >= 11 is 5.96. The van der Waals surface area contributed by atoms with E-state index in [1.165, 1.54) is 12.1 Å². The summed E-state index contributed by atoms with van der Waals surface area (Å²) in [6, 6.07) is 9.88. The minimum Gasteiger partial charge on any atom is -0.462 e. The minimum absolute atomic E-state index is 0.0185. The van der Waals surface area contributed by atoms with Crippen LogP contribution in [0.1, 0.15) is 53.3 Å². The average Bonchev–Trinajstić information content (AvgIpc) is 2.68. The fraction of sp³-hybridized carbons (Fsp3) is 0.300. The number of nitrogens with one attached hydrogen (secondary N) is 1. The van der Waals surface area contributed by atoms with E-state index in [0.717, 1.165) is 31.7 Å². The van der Waals surface area contributed by atoms with Gasteiger partial charge in [-0.2, -0.15) is 0 Å². The molecule has 0 saturated carbocycles. The molecule has 1 N–H and O–H groups in total. The molecule has 0 fully saturated rings. The fourth-order valence-electron chi connectivity index (χ4n) is 2.47. The lowest BCUT2D eigenvalue weighted by Gasteiger charge is -2.08. The van der Waals surface area contributed by atoms with Crippen LogP contribution in [0.25, 0.3) is 0 Å². The van der Waals surface area contributed by atoms with Gasteiger partial charge in [0.15, 0.2) is 0 Å². The van der Waals surface area contributed by atoms with E-state index in [1.54, 1.807) is 24.3 Å². The van der Waals surface area contributed by atoms with Crippen LogP contribution in [0.3, 0.4) is 0 Å². The second-order valence-electron chi connectivity index (χ2n) is 6.15. The third-order valence-electron chi connectivity index (χ3n) is 4.02. The number of hydrogen-bond donors (Lipinski definition) is 1. The van der Waals surface area contributed by atoms with Gasteiger partial charge < -0.3 is 10.1 Å². The van der Waals surface area contributed by atoms with Crippen molar-refractivity contribution in [2.45, 2.75) is 32.6 Å². The molecule has 0 atom stereocenters. The van der Waals surface area contributed by atoms with Crippen molar-refractivity contribution >= 4 is 34.9 Å². The molecule has 8 heteroatoms. The van der Waals surface area contributed by atoms with Crippen LogP contribution in [0.15, 0.2) is 42.5 Å². The Morgan fingerprint density at radius 1 is 1.11 bits per heavy atom. The standard InChI is InChI=1S/C20H21ClN2O5/c1-2-3-4-5-12-28-20(25)14-6-8-15(9-7-14)22-19(24)17-11-10-16(23(26)27)13-18(17)21/h6-11,13H,2-5,12H2,1H3,(H,22,24). The van der Waals surface area contributed by atoms with Gasteiger partial charge in [-0.3, -0.25) is 14.9 Å². The van der Waals surface area contributed by atoms with Crippen LogP contribution in [-0.2, 0) is 4.74 Å². The van der Waals surface area contributed by atoms with E-state index in [0.29, 0.717) is 17.9 Å². The Balaban J connectivity index is 1.94. The molecule has 2 aromatic rings. The lowest BCUT2D eigenvalue weighted by molar-refractivity contribution is -0.384. The number of halogens is 1. The highest BCUT2D eigenvalue weighted by atomic mass is 35.5. The largest absolute Gasteiger partial charge is 0.462 e. The smallest absolute Gasteiger partial charge is 0.338 e. The summed E-state index contributed by atoms with van der Waals surface area (Å²) in [5.74, 6) is -0.918. The van der Waals surface area contributed by atoms with Gasteiger partial charge in [0.2, 0.25) is 0 Å². The number of nitrogens with zero attached hydrogens (tertiary/aromatic N) is 1. The Labute approximate surface area is 167 Å². The van der Waals surface area contributed by atoms with E-state index in [4.69, 9.17) is 16.3 Å². The number of esters is 1. The van der Waals surface area contributed by atoms with Crippen LogP contribution >= 0.6 is 11.6 Å². The number of ether oxygens (including phenoxy) is 1. The molecule has 0 unspecified atom stereocenters. The molecular weight excluding hydrogens is 384 g/mol. The summed E-state index contributed by atoms with van der Waals surface area (Å²) in [7, 11) is 0. The van der Waals surface area contributed by atoms with E-state index < -0.39 is 16.8 Å². The lowest BCUT2D eigenvalue weighted by Crippen LogP contribution is -2.13. The van der Waals surface area contributed by atoms with Crippen LogP contribution in [0.2, 0.25) is 5.02 Å². The average molecular weight is 405 g/mol. The van der Waals surface area contributed by atoms with Crippen LogP contribution < -0.4 is 5.32 Å². The van der Waals surface area contributed by atoms with E-state index in [-0.39, 0.29) is 16.3 Å².